The number of rotatable bonds is 9. The van der Waals surface area contributed by atoms with Gasteiger partial charge in [-0.1, -0.05) is 26.8 Å². The predicted molar refractivity (Wildman–Crippen MR) is 121 cm³/mol. The van der Waals surface area contributed by atoms with Crippen LogP contribution in [0.1, 0.15) is 58.9 Å². The molecule has 1 aliphatic heterocycles. The van der Waals surface area contributed by atoms with Crippen LogP contribution in [-0.2, 0) is 14.9 Å². The zero-order chi connectivity index (χ0) is 22.5. The molecule has 0 aliphatic carbocycles. The molecule has 0 radical (unpaired) electrons. The first-order chi connectivity index (χ1) is 14.0. The van der Waals surface area contributed by atoms with Crippen LogP contribution >= 0.6 is 10.6 Å². The molecule has 2 rings (SSSR count). The summed E-state index contributed by atoms with van der Waals surface area (Å²) in [5.74, 6) is 0.329. The Morgan fingerprint density at radius 1 is 1.30 bits per heavy atom. The number of carbonyl (C=O) groups is 1. The number of carbonyl (C=O) groups excluding carboxylic acids is 1. The highest BCUT2D eigenvalue weighted by atomic mass is 32.3. The van der Waals surface area contributed by atoms with E-state index in [1.54, 1.807) is 19.1 Å². The number of benzene rings is 1. The Bertz CT molecular complexity index is 758. The van der Waals surface area contributed by atoms with Gasteiger partial charge in [0.15, 0.2) is 0 Å². The third-order valence-electron chi connectivity index (χ3n) is 5.62. The van der Waals surface area contributed by atoms with Crippen molar-refractivity contribution in [2.24, 2.45) is 0 Å². The molecule has 1 heterocycles. The van der Waals surface area contributed by atoms with E-state index < -0.39 is 16.0 Å². The fraction of sp³-hybridized carbons (Fsp3) is 0.667. The van der Waals surface area contributed by atoms with Gasteiger partial charge >= 0.3 is 5.97 Å². The second-order valence-electron chi connectivity index (χ2n) is 8.46. The van der Waals surface area contributed by atoms with Gasteiger partial charge in [0.05, 0.1) is 18.0 Å². The van der Waals surface area contributed by atoms with Crippen LogP contribution in [0, 0.1) is 10.1 Å². The number of anilines is 1. The highest BCUT2D eigenvalue weighted by Crippen LogP contribution is 2.46. The Morgan fingerprint density at radius 3 is 2.47 bits per heavy atom. The van der Waals surface area contributed by atoms with Gasteiger partial charge in [-0.3, -0.25) is 24.0 Å². The van der Waals surface area contributed by atoms with Crippen LogP contribution in [0.5, 0.6) is 0 Å². The summed E-state index contributed by atoms with van der Waals surface area (Å²) in [4.78, 5) is 25.6. The van der Waals surface area contributed by atoms with Gasteiger partial charge in [-0.25, -0.2) is 0 Å². The molecule has 1 saturated heterocycles. The van der Waals surface area contributed by atoms with E-state index in [-0.39, 0.29) is 29.0 Å². The fourth-order valence-corrected chi connectivity index (χ4v) is 5.46. The third kappa shape index (κ3) is 6.09. The Hall–Kier alpha value is -1.84. The summed E-state index contributed by atoms with van der Waals surface area (Å²) >= 11 is 0. The van der Waals surface area contributed by atoms with Crippen molar-refractivity contribution in [1.29, 1.82) is 0 Å². The molecular weight excluding hydrogens is 408 g/mol. The number of hydrogen-bond acceptors (Lipinski definition) is 7. The quantitative estimate of drug-likeness (QED) is 0.316. The maximum Gasteiger partial charge on any atom is 0.306 e. The molecule has 1 aliphatic rings. The molecule has 0 atom stereocenters. The lowest BCUT2D eigenvalue weighted by Crippen LogP contribution is -2.41. The van der Waals surface area contributed by atoms with Crippen molar-refractivity contribution in [3.05, 3.63) is 33.9 Å². The lowest BCUT2D eigenvalue weighted by molar-refractivity contribution is -0.384. The molecular formula is C21H34N2O6S. The van der Waals surface area contributed by atoms with Crippen molar-refractivity contribution < 1.29 is 23.6 Å². The van der Waals surface area contributed by atoms with Crippen LogP contribution in [0.2, 0.25) is 0 Å². The molecule has 8 nitrogen and oxygen atoms in total. The van der Waals surface area contributed by atoms with Crippen molar-refractivity contribution in [2.75, 3.05) is 29.6 Å². The molecule has 9 heteroatoms. The standard InChI is InChI=1S/C21H34N2O6S/c1-5-11-22(17-9-12-30(27,28)13-10-17)18-8-7-16(14-19(18)23(25)26)21(3,4)15-20(24)29-6-2/h7-8,14,17,27-28H,5-6,9-13,15H2,1-4H3. The Kier molecular flexibility index (Phi) is 8.13. The largest absolute Gasteiger partial charge is 0.466 e. The summed E-state index contributed by atoms with van der Waals surface area (Å²) in [5, 5.41) is 11.9. The van der Waals surface area contributed by atoms with Gasteiger partial charge in [-0.15, -0.1) is 0 Å². The first-order valence-corrected chi connectivity index (χ1v) is 12.3. The minimum atomic E-state index is -2.52. The molecule has 2 N–H and O–H groups in total. The molecule has 0 amide bonds. The molecule has 30 heavy (non-hydrogen) atoms. The first-order valence-electron chi connectivity index (χ1n) is 10.5. The number of nitrogens with zero attached hydrogens (tertiary/aromatic N) is 2. The van der Waals surface area contributed by atoms with Crippen molar-refractivity contribution in [3.8, 4) is 0 Å². The second-order valence-corrected chi connectivity index (χ2v) is 10.9. The SMILES string of the molecule is CCCN(c1ccc(C(C)(C)CC(=O)OCC)cc1[N+](=O)[O-])C1CCS(O)(O)CC1. The van der Waals surface area contributed by atoms with E-state index in [4.69, 9.17) is 4.74 Å². The molecule has 1 fully saturated rings. The maximum atomic E-state index is 12.0. The summed E-state index contributed by atoms with van der Waals surface area (Å²) in [6.45, 7) is 8.46. The molecule has 0 unspecified atom stereocenters. The maximum absolute atomic E-state index is 12.0. The molecule has 0 aromatic heterocycles. The smallest absolute Gasteiger partial charge is 0.306 e. The first kappa shape index (κ1) is 24.4. The number of nitro groups is 1. The average Bonchev–Trinajstić information content (AvgIpc) is 2.66. The Labute approximate surface area is 180 Å². The van der Waals surface area contributed by atoms with Gasteiger partial charge in [-0.05, 0) is 37.8 Å². The number of ether oxygens (including phenoxy) is 1. The lowest BCUT2D eigenvalue weighted by atomic mass is 9.81. The van der Waals surface area contributed by atoms with Crippen LogP contribution in [-0.4, -0.2) is 50.7 Å². The van der Waals surface area contributed by atoms with Crippen LogP contribution in [0.25, 0.3) is 0 Å². The van der Waals surface area contributed by atoms with E-state index >= 15 is 0 Å². The monoisotopic (exact) mass is 442 g/mol. The summed E-state index contributed by atoms with van der Waals surface area (Å²) in [6, 6.07) is 5.21. The van der Waals surface area contributed by atoms with Crippen LogP contribution in [0.3, 0.4) is 0 Å². The second kappa shape index (κ2) is 9.98. The van der Waals surface area contributed by atoms with Gasteiger partial charge in [-0.2, -0.15) is 10.6 Å². The zero-order valence-electron chi connectivity index (χ0n) is 18.3. The fourth-order valence-electron chi connectivity index (χ4n) is 3.96. The topological polar surface area (TPSA) is 113 Å². The number of nitro benzene ring substituents is 1. The van der Waals surface area contributed by atoms with E-state index in [0.29, 0.717) is 48.7 Å². The van der Waals surface area contributed by atoms with Gasteiger partial charge in [0, 0.05) is 35.6 Å². The van der Waals surface area contributed by atoms with Crippen molar-refractivity contribution in [1.82, 2.24) is 0 Å². The highest BCUT2D eigenvalue weighted by molar-refractivity contribution is 8.24. The van der Waals surface area contributed by atoms with Gasteiger partial charge < -0.3 is 9.64 Å². The van der Waals surface area contributed by atoms with Gasteiger partial charge in [0.2, 0.25) is 0 Å². The summed E-state index contributed by atoms with van der Waals surface area (Å²) in [6.07, 6.45) is 2.14. The van der Waals surface area contributed by atoms with Crippen LogP contribution < -0.4 is 4.90 Å². The van der Waals surface area contributed by atoms with Crippen LogP contribution in [0.15, 0.2) is 18.2 Å². The van der Waals surface area contributed by atoms with E-state index in [9.17, 15) is 24.0 Å². The zero-order valence-corrected chi connectivity index (χ0v) is 19.1. The number of hydrogen-bond donors (Lipinski definition) is 2. The minimum Gasteiger partial charge on any atom is -0.466 e. The molecule has 1 aromatic rings. The Morgan fingerprint density at radius 2 is 1.93 bits per heavy atom. The van der Waals surface area contributed by atoms with E-state index in [0.717, 1.165) is 6.42 Å². The molecule has 0 saturated carbocycles. The molecule has 0 spiro atoms. The summed E-state index contributed by atoms with van der Waals surface area (Å²) in [7, 11) is -2.52. The third-order valence-corrected chi connectivity index (χ3v) is 7.39. The number of esters is 1. The molecule has 1 aromatic carbocycles. The van der Waals surface area contributed by atoms with Crippen molar-refractivity contribution >= 4 is 27.9 Å². The van der Waals surface area contributed by atoms with Crippen LogP contribution in [0.4, 0.5) is 11.4 Å². The molecule has 170 valence electrons. The van der Waals surface area contributed by atoms with Crippen molar-refractivity contribution in [2.45, 2.75) is 64.8 Å². The van der Waals surface area contributed by atoms with E-state index in [2.05, 4.69) is 0 Å². The van der Waals surface area contributed by atoms with Gasteiger partial charge in [0.1, 0.15) is 5.69 Å². The molecule has 0 bridgehead atoms. The van der Waals surface area contributed by atoms with Crippen molar-refractivity contribution in [3.63, 3.8) is 0 Å². The van der Waals surface area contributed by atoms with E-state index in [1.165, 1.54) is 0 Å². The normalized spacial score (nSPS) is 17.9. The summed E-state index contributed by atoms with van der Waals surface area (Å²) in [5.41, 5.74) is 0.656. The van der Waals surface area contributed by atoms with E-state index in [1.807, 2.05) is 31.7 Å². The predicted octanol–water partition coefficient (Wildman–Crippen LogP) is 4.96. The van der Waals surface area contributed by atoms with Gasteiger partial charge in [0.25, 0.3) is 5.69 Å². The average molecular weight is 443 g/mol. The summed E-state index contributed by atoms with van der Waals surface area (Å²) < 4.78 is 24.9. The minimum absolute atomic E-state index is 0.00932. The lowest BCUT2D eigenvalue weighted by Gasteiger charge is -2.43. The Balaban J connectivity index is 2.37. The highest BCUT2D eigenvalue weighted by Gasteiger charge is 2.33.